The lowest BCUT2D eigenvalue weighted by Crippen LogP contribution is -2.49. The molecule has 0 amide bonds. The van der Waals surface area contributed by atoms with Crippen molar-refractivity contribution in [3.63, 3.8) is 0 Å². The first-order chi connectivity index (χ1) is 10.3. The van der Waals surface area contributed by atoms with Crippen molar-refractivity contribution < 1.29 is 0 Å². The topological polar surface area (TPSA) is 32.5 Å². The van der Waals surface area contributed by atoms with Crippen molar-refractivity contribution in [2.75, 3.05) is 38.5 Å². The van der Waals surface area contributed by atoms with E-state index in [-0.39, 0.29) is 0 Å². The van der Waals surface area contributed by atoms with Crippen LogP contribution in [0.4, 0.5) is 5.69 Å². The van der Waals surface area contributed by atoms with Crippen LogP contribution in [0.15, 0.2) is 24.3 Å². The average molecular weight is 287 g/mol. The first kappa shape index (κ1) is 14.9. The molecule has 1 heterocycles. The molecular weight excluding hydrogens is 258 g/mol. The van der Waals surface area contributed by atoms with Crippen LogP contribution < -0.4 is 5.73 Å². The van der Waals surface area contributed by atoms with Crippen LogP contribution in [0.3, 0.4) is 0 Å². The van der Waals surface area contributed by atoms with Crippen molar-refractivity contribution in [3.8, 4) is 0 Å². The molecule has 3 rings (SSSR count). The van der Waals surface area contributed by atoms with Crippen molar-refractivity contribution in [1.29, 1.82) is 0 Å². The summed E-state index contributed by atoms with van der Waals surface area (Å²) in [5, 5.41) is 0. The second-order valence-electron chi connectivity index (χ2n) is 6.66. The number of aryl methyl sites for hydroxylation is 1. The van der Waals surface area contributed by atoms with E-state index < -0.39 is 0 Å². The van der Waals surface area contributed by atoms with Gasteiger partial charge in [0.25, 0.3) is 0 Å². The van der Waals surface area contributed by atoms with E-state index in [0.29, 0.717) is 0 Å². The van der Waals surface area contributed by atoms with Crippen LogP contribution >= 0.6 is 0 Å². The molecule has 1 saturated carbocycles. The van der Waals surface area contributed by atoms with Gasteiger partial charge in [-0.1, -0.05) is 25.0 Å². The van der Waals surface area contributed by atoms with Crippen molar-refractivity contribution in [3.05, 3.63) is 29.8 Å². The van der Waals surface area contributed by atoms with Crippen molar-refractivity contribution in [2.24, 2.45) is 0 Å². The highest BCUT2D eigenvalue weighted by Crippen LogP contribution is 2.24. The van der Waals surface area contributed by atoms with Crippen LogP contribution in [-0.4, -0.2) is 48.6 Å². The van der Waals surface area contributed by atoms with Gasteiger partial charge in [0, 0.05) is 37.9 Å². The van der Waals surface area contributed by atoms with Gasteiger partial charge < -0.3 is 10.6 Å². The number of benzene rings is 1. The Kier molecular flexibility index (Phi) is 5.15. The SMILES string of the molecule is Nc1cccc(CCCN2CCN(C3CCCC3)CC2)c1. The molecule has 1 aliphatic carbocycles. The third-order valence-corrected chi connectivity index (χ3v) is 5.14. The van der Waals surface area contributed by atoms with E-state index >= 15 is 0 Å². The minimum Gasteiger partial charge on any atom is -0.399 e. The maximum atomic E-state index is 5.83. The zero-order valence-corrected chi connectivity index (χ0v) is 13.1. The number of nitrogen functional groups attached to an aromatic ring is 1. The lowest BCUT2D eigenvalue weighted by Gasteiger charge is -2.38. The van der Waals surface area contributed by atoms with Gasteiger partial charge in [-0.25, -0.2) is 0 Å². The fourth-order valence-corrected chi connectivity index (χ4v) is 3.88. The average Bonchev–Trinajstić information content (AvgIpc) is 3.02. The predicted molar refractivity (Wildman–Crippen MR) is 89.4 cm³/mol. The molecule has 0 spiro atoms. The van der Waals surface area contributed by atoms with Crippen LogP contribution in [-0.2, 0) is 6.42 Å². The Morgan fingerprint density at radius 2 is 1.81 bits per heavy atom. The molecule has 116 valence electrons. The third kappa shape index (κ3) is 4.21. The summed E-state index contributed by atoms with van der Waals surface area (Å²) in [5.74, 6) is 0. The van der Waals surface area contributed by atoms with Crippen molar-refractivity contribution in [2.45, 2.75) is 44.6 Å². The molecule has 2 fully saturated rings. The Morgan fingerprint density at radius 1 is 1.05 bits per heavy atom. The van der Waals surface area contributed by atoms with E-state index in [1.165, 1.54) is 70.4 Å². The second kappa shape index (κ2) is 7.28. The summed E-state index contributed by atoms with van der Waals surface area (Å²) in [4.78, 5) is 5.37. The molecule has 1 aromatic carbocycles. The van der Waals surface area contributed by atoms with Crippen LogP contribution in [0.1, 0.15) is 37.7 Å². The van der Waals surface area contributed by atoms with E-state index in [4.69, 9.17) is 5.73 Å². The maximum absolute atomic E-state index is 5.83. The van der Waals surface area contributed by atoms with Gasteiger partial charge in [0.15, 0.2) is 0 Å². The van der Waals surface area contributed by atoms with Crippen LogP contribution in [0.25, 0.3) is 0 Å². The summed E-state index contributed by atoms with van der Waals surface area (Å²) >= 11 is 0. The third-order valence-electron chi connectivity index (χ3n) is 5.14. The van der Waals surface area contributed by atoms with Crippen LogP contribution in [0, 0.1) is 0 Å². The fraction of sp³-hybridized carbons (Fsp3) is 0.667. The largest absolute Gasteiger partial charge is 0.399 e. The quantitative estimate of drug-likeness (QED) is 0.845. The standard InChI is InChI=1S/C18H29N3/c19-17-7-3-5-16(15-17)6-4-10-20-11-13-21(14-12-20)18-8-1-2-9-18/h3,5,7,15,18H,1-2,4,6,8-14,19H2. The highest BCUT2D eigenvalue weighted by atomic mass is 15.3. The van der Waals surface area contributed by atoms with E-state index in [2.05, 4.69) is 28.0 Å². The summed E-state index contributed by atoms with van der Waals surface area (Å²) in [5.41, 5.74) is 8.09. The maximum Gasteiger partial charge on any atom is 0.0316 e. The molecular formula is C18H29N3. The molecule has 1 aromatic rings. The molecule has 3 nitrogen and oxygen atoms in total. The van der Waals surface area contributed by atoms with Crippen molar-refractivity contribution in [1.82, 2.24) is 9.80 Å². The lowest BCUT2D eigenvalue weighted by molar-refractivity contribution is 0.0973. The smallest absolute Gasteiger partial charge is 0.0316 e. The summed E-state index contributed by atoms with van der Waals surface area (Å²) in [7, 11) is 0. The number of hydrogen-bond donors (Lipinski definition) is 1. The molecule has 3 heteroatoms. The van der Waals surface area contributed by atoms with Crippen LogP contribution in [0.2, 0.25) is 0 Å². The summed E-state index contributed by atoms with van der Waals surface area (Å²) < 4.78 is 0. The van der Waals surface area contributed by atoms with E-state index in [1.807, 2.05) is 6.07 Å². The number of piperazine rings is 1. The summed E-state index contributed by atoms with van der Waals surface area (Å²) in [6, 6.07) is 9.22. The van der Waals surface area contributed by atoms with Gasteiger partial charge in [-0.3, -0.25) is 4.90 Å². The molecule has 2 aliphatic rings. The zero-order chi connectivity index (χ0) is 14.5. The summed E-state index contributed by atoms with van der Waals surface area (Å²) in [6.45, 7) is 6.31. The van der Waals surface area contributed by atoms with Gasteiger partial charge in [-0.15, -0.1) is 0 Å². The Hall–Kier alpha value is -1.06. The zero-order valence-electron chi connectivity index (χ0n) is 13.1. The lowest BCUT2D eigenvalue weighted by atomic mass is 10.1. The van der Waals surface area contributed by atoms with E-state index in [0.717, 1.165) is 18.2 Å². The van der Waals surface area contributed by atoms with Gasteiger partial charge >= 0.3 is 0 Å². The molecule has 2 N–H and O–H groups in total. The molecule has 1 aliphatic heterocycles. The van der Waals surface area contributed by atoms with E-state index in [1.54, 1.807) is 0 Å². The normalized spacial score (nSPS) is 21.9. The number of rotatable bonds is 5. The Balaban J connectivity index is 1.35. The molecule has 0 aromatic heterocycles. The Morgan fingerprint density at radius 3 is 2.52 bits per heavy atom. The molecule has 0 atom stereocenters. The highest BCUT2D eigenvalue weighted by molar-refractivity contribution is 5.40. The molecule has 0 unspecified atom stereocenters. The van der Waals surface area contributed by atoms with Crippen LogP contribution in [0.5, 0.6) is 0 Å². The number of nitrogens with zero attached hydrogens (tertiary/aromatic N) is 2. The van der Waals surface area contributed by atoms with E-state index in [9.17, 15) is 0 Å². The molecule has 0 radical (unpaired) electrons. The molecule has 21 heavy (non-hydrogen) atoms. The van der Waals surface area contributed by atoms with Gasteiger partial charge in [-0.05, 0) is 49.9 Å². The minimum absolute atomic E-state index is 0.887. The van der Waals surface area contributed by atoms with Crippen molar-refractivity contribution >= 4 is 5.69 Å². The van der Waals surface area contributed by atoms with Gasteiger partial charge in [0.1, 0.15) is 0 Å². The Bertz CT molecular complexity index is 432. The monoisotopic (exact) mass is 287 g/mol. The number of anilines is 1. The number of nitrogens with two attached hydrogens (primary N) is 1. The molecule has 1 saturated heterocycles. The first-order valence-corrected chi connectivity index (χ1v) is 8.62. The second-order valence-corrected chi connectivity index (χ2v) is 6.66. The number of hydrogen-bond acceptors (Lipinski definition) is 3. The van der Waals surface area contributed by atoms with Gasteiger partial charge in [0.05, 0.1) is 0 Å². The summed E-state index contributed by atoms with van der Waals surface area (Å²) in [6.07, 6.45) is 8.17. The van der Waals surface area contributed by atoms with Gasteiger partial charge in [0.2, 0.25) is 0 Å². The predicted octanol–water partition coefficient (Wildman–Crippen LogP) is 2.76. The first-order valence-electron chi connectivity index (χ1n) is 8.62. The van der Waals surface area contributed by atoms with Gasteiger partial charge in [-0.2, -0.15) is 0 Å². The Labute approximate surface area is 129 Å². The fourth-order valence-electron chi connectivity index (χ4n) is 3.88. The minimum atomic E-state index is 0.887. The molecule has 0 bridgehead atoms. The highest BCUT2D eigenvalue weighted by Gasteiger charge is 2.25.